The molecule has 0 aliphatic carbocycles. The van der Waals surface area contributed by atoms with E-state index < -0.39 is 17.7 Å². The second kappa shape index (κ2) is 7.20. The number of carbonyl (C=O) groups excluding carboxylic acids is 3. The van der Waals surface area contributed by atoms with Crippen molar-refractivity contribution >= 4 is 29.1 Å². The third-order valence-electron chi connectivity index (χ3n) is 2.54. The van der Waals surface area contributed by atoms with Gasteiger partial charge in [-0.1, -0.05) is 36.4 Å². The molecule has 7 heteroatoms. The first kappa shape index (κ1) is 14.7. The molecule has 0 saturated carbocycles. The van der Waals surface area contributed by atoms with Gasteiger partial charge in [0.15, 0.2) is 0 Å². The zero-order valence-corrected chi connectivity index (χ0v) is 11.8. The summed E-state index contributed by atoms with van der Waals surface area (Å²) >= 11 is 1.23. The van der Waals surface area contributed by atoms with Crippen molar-refractivity contribution in [2.75, 3.05) is 0 Å². The maximum Gasteiger partial charge on any atom is 0.327 e. The number of amides is 3. The molecule has 3 amide bonds. The van der Waals surface area contributed by atoms with Crippen LogP contribution in [0.15, 0.2) is 47.8 Å². The van der Waals surface area contributed by atoms with Crippen molar-refractivity contribution in [3.8, 4) is 0 Å². The minimum absolute atomic E-state index is 0.242. The lowest BCUT2D eigenvalue weighted by atomic mass is 10.2. The highest BCUT2D eigenvalue weighted by Crippen LogP contribution is 2.06. The Kier molecular flexibility index (Phi) is 5.05. The summed E-state index contributed by atoms with van der Waals surface area (Å²) in [5.41, 5.74) is 5.11. The van der Waals surface area contributed by atoms with Gasteiger partial charge in [-0.05, 0) is 17.0 Å². The lowest BCUT2D eigenvalue weighted by Gasteiger charge is -2.07. The van der Waals surface area contributed by atoms with E-state index in [1.165, 1.54) is 11.3 Å². The molecule has 3 N–H and O–H groups in total. The first-order valence-corrected chi connectivity index (χ1v) is 7.00. The van der Waals surface area contributed by atoms with Crippen molar-refractivity contribution < 1.29 is 14.4 Å². The van der Waals surface area contributed by atoms with Crippen LogP contribution >= 0.6 is 11.3 Å². The van der Waals surface area contributed by atoms with Gasteiger partial charge in [0.2, 0.25) is 0 Å². The Bertz CT molecular complexity index is 626. The van der Waals surface area contributed by atoms with Crippen LogP contribution in [0.4, 0.5) is 0 Å². The Morgan fingerprint density at radius 1 is 0.905 bits per heavy atom. The summed E-state index contributed by atoms with van der Waals surface area (Å²) in [6, 6.07) is 12.5. The van der Waals surface area contributed by atoms with Crippen LogP contribution in [0, 0.1) is 0 Å². The van der Waals surface area contributed by atoms with Gasteiger partial charge in [-0.15, -0.1) is 11.3 Å². The SMILES string of the molecule is O=C(NCc1ccccc1)C(=O)NNC(=O)c1cccs1. The highest BCUT2D eigenvalue weighted by molar-refractivity contribution is 7.12. The molecule has 0 radical (unpaired) electrons. The monoisotopic (exact) mass is 303 g/mol. The summed E-state index contributed by atoms with van der Waals surface area (Å²) in [6.07, 6.45) is 0. The highest BCUT2D eigenvalue weighted by Gasteiger charge is 2.14. The first-order chi connectivity index (χ1) is 10.2. The average molecular weight is 303 g/mol. The molecule has 108 valence electrons. The number of carbonyl (C=O) groups is 3. The van der Waals surface area contributed by atoms with Crippen LogP contribution in [0.5, 0.6) is 0 Å². The normalized spacial score (nSPS) is 9.71. The molecule has 0 aliphatic rings. The van der Waals surface area contributed by atoms with Gasteiger partial charge in [-0.2, -0.15) is 0 Å². The van der Waals surface area contributed by atoms with E-state index in [1.54, 1.807) is 17.5 Å². The Labute approximate surface area is 125 Å². The van der Waals surface area contributed by atoms with Gasteiger partial charge in [0.1, 0.15) is 0 Å². The summed E-state index contributed by atoms with van der Waals surface area (Å²) in [5.74, 6) is -2.20. The van der Waals surface area contributed by atoms with Crippen LogP contribution < -0.4 is 16.2 Å². The van der Waals surface area contributed by atoms with Gasteiger partial charge < -0.3 is 5.32 Å². The first-order valence-electron chi connectivity index (χ1n) is 6.13. The van der Waals surface area contributed by atoms with Crippen molar-refractivity contribution in [3.63, 3.8) is 0 Å². The molecule has 2 aromatic rings. The predicted molar refractivity (Wildman–Crippen MR) is 78.2 cm³/mol. The fourth-order valence-electron chi connectivity index (χ4n) is 1.50. The molecule has 0 unspecified atom stereocenters. The standard InChI is InChI=1S/C14H13N3O3S/c18-12(11-7-4-8-21-11)16-17-14(20)13(19)15-9-10-5-2-1-3-6-10/h1-8H,9H2,(H,15,19)(H,16,18)(H,17,20). The topological polar surface area (TPSA) is 87.3 Å². The van der Waals surface area contributed by atoms with Crippen molar-refractivity contribution in [2.45, 2.75) is 6.54 Å². The Morgan fingerprint density at radius 3 is 2.33 bits per heavy atom. The van der Waals surface area contributed by atoms with Crippen molar-refractivity contribution in [2.24, 2.45) is 0 Å². The quantitative estimate of drug-likeness (QED) is 0.579. The largest absolute Gasteiger partial charge is 0.344 e. The molecule has 2 rings (SSSR count). The lowest BCUT2D eigenvalue weighted by Crippen LogP contribution is -2.48. The zero-order valence-electron chi connectivity index (χ0n) is 11.0. The highest BCUT2D eigenvalue weighted by atomic mass is 32.1. The summed E-state index contributed by atoms with van der Waals surface area (Å²) < 4.78 is 0. The van der Waals surface area contributed by atoms with E-state index in [0.29, 0.717) is 4.88 Å². The fourth-order valence-corrected chi connectivity index (χ4v) is 2.12. The molecule has 1 heterocycles. The minimum atomic E-state index is -0.921. The zero-order chi connectivity index (χ0) is 15.1. The molecule has 0 fully saturated rings. The number of hydrogen-bond acceptors (Lipinski definition) is 4. The van der Waals surface area contributed by atoms with Crippen molar-refractivity contribution in [3.05, 3.63) is 58.3 Å². The van der Waals surface area contributed by atoms with Crippen LogP contribution in [0.2, 0.25) is 0 Å². The molecule has 0 spiro atoms. The fraction of sp³-hybridized carbons (Fsp3) is 0.0714. The molecular weight excluding hydrogens is 290 g/mol. The number of hydrogen-bond donors (Lipinski definition) is 3. The van der Waals surface area contributed by atoms with E-state index in [2.05, 4.69) is 16.2 Å². The third kappa shape index (κ3) is 4.43. The summed E-state index contributed by atoms with van der Waals surface area (Å²) in [6.45, 7) is 0.242. The van der Waals surface area contributed by atoms with E-state index in [-0.39, 0.29) is 6.54 Å². The number of rotatable bonds is 3. The van der Waals surface area contributed by atoms with Crippen LogP contribution in [0.1, 0.15) is 15.2 Å². The van der Waals surface area contributed by atoms with Gasteiger partial charge in [0.25, 0.3) is 5.91 Å². The second-order valence-corrected chi connectivity index (χ2v) is 5.00. The molecule has 1 aromatic heterocycles. The van der Waals surface area contributed by atoms with Crippen molar-refractivity contribution in [1.29, 1.82) is 0 Å². The Morgan fingerprint density at radius 2 is 1.67 bits per heavy atom. The van der Waals surface area contributed by atoms with Crippen LogP contribution in [0.25, 0.3) is 0 Å². The number of nitrogens with one attached hydrogen (secondary N) is 3. The molecule has 1 aromatic carbocycles. The average Bonchev–Trinajstić information content (AvgIpc) is 3.05. The molecular formula is C14H13N3O3S. The van der Waals surface area contributed by atoms with Gasteiger partial charge in [0, 0.05) is 6.54 Å². The number of hydrazine groups is 1. The Hall–Kier alpha value is -2.67. The number of thiophene rings is 1. The van der Waals surface area contributed by atoms with Crippen LogP contribution in [-0.2, 0) is 16.1 Å². The molecule has 6 nitrogen and oxygen atoms in total. The van der Waals surface area contributed by atoms with Gasteiger partial charge >= 0.3 is 11.8 Å². The van der Waals surface area contributed by atoms with E-state index in [1.807, 2.05) is 30.3 Å². The van der Waals surface area contributed by atoms with Gasteiger partial charge in [0.05, 0.1) is 4.88 Å². The molecule has 0 bridgehead atoms. The maximum absolute atomic E-state index is 11.6. The van der Waals surface area contributed by atoms with Gasteiger partial charge in [-0.25, -0.2) is 0 Å². The van der Waals surface area contributed by atoms with E-state index in [4.69, 9.17) is 0 Å². The number of benzene rings is 1. The molecule has 0 atom stereocenters. The third-order valence-corrected chi connectivity index (χ3v) is 3.41. The van der Waals surface area contributed by atoms with Crippen molar-refractivity contribution in [1.82, 2.24) is 16.2 Å². The lowest BCUT2D eigenvalue weighted by molar-refractivity contribution is -0.139. The summed E-state index contributed by atoms with van der Waals surface area (Å²) in [7, 11) is 0. The predicted octanol–water partition coefficient (Wildman–Crippen LogP) is 0.825. The van der Waals surface area contributed by atoms with E-state index >= 15 is 0 Å². The second-order valence-electron chi connectivity index (χ2n) is 4.05. The summed E-state index contributed by atoms with van der Waals surface area (Å²) in [4.78, 5) is 35.1. The van der Waals surface area contributed by atoms with Gasteiger partial charge in [-0.3, -0.25) is 25.2 Å². The molecule has 0 aliphatic heterocycles. The molecule has 21 heavy (non-hydrogen) atoms. The van der Waals surface area contributed by atoms with Crippen LogP contribution in [0.3, 0.4) is 0 Å². The van der Waals surface area contributed by atoms with E-state index in [9.17, 15) is 14.4 Å². The van der Waals surface area contributed by atoms with E-state index in [0.717, 1.165) is 5.56 Å². The maximum atomic E-state index is 11.6. The summed E-state index contributed by atoms with van der Waals surface area (Å²) in [5, 5.41) is 4.20. The Balaban J connectivity index is 1.75. The smallest absolute Gasteiger partial charge is 0.327 e. The molecule has 0 saturated heterocycles. The minimum Gasteiger partial charge on any atom is -0.344 e. The van der Waals surface area contributed by atoms with Crippen LogP contribution in [-0.4, -0.2) is 17.7 Å².